The van der Waals surface area contributed by atoms with Crippen molar-refractivity contribution in [2.45, 2.75) is 0 Å². The Hall–Kier alpha value is -2.60. The fourth-order valence-electron chi connectivity index (χ4n) is 1.85. The summed E-state index contributed by atoms with van der Waals surface area (Å²) in [4.78, 5) is 4.38. The third-order valence-corrected chi connectivity index (χ3v) is 2.72. The van der Waals surface area contributed by atoms with E-state index in [2.05, 4.69) is 15.4 Å². The molecule has 0 atom stereocenters. The highest BCUT2D eigenvalue weighted by molar-refractivity contribution is 5.57. The molecule has 0 aliphatic heterocycles. The molecule has 20 heavy (non-hydrogen) atoms. The zero-order valence-electron chi connectivity index (χ0n) is 10.9. The number of benzene rings is 1. The first-order valence-electron chi connectivity index (χ1n) is 6.36. The predicted molar refractivity (Wildman–Crippen MR) is 77.3 cm³/mol. The number of fused-ring (bicyclic) bond motifs is 1. The van der Waals surface area contributed by atoms with Crippen LogP contribution in [0, 0.1) is 0 Å². The number of hydrogen-bond acceptors (Lipinski definition) is 5. The van der Waals surface area contributed by atoms with Crippen LogP contribution in [0.5, 0.6) is 5.75 Å². The van der Waals surface area contributed by atoms with E-state index in [1.807, 2.05) is 48.7 Å². The third kappa shape index (κ3) is 2.70. The molecule has 0 aliphatic rings. The zero-order chi connectivity index (χ0) is 13.8. The highest BCUT2D eigenvalue weighted by Gasteiger charge is 2.03. The highest BCUT2D eigenvalue weighted by atomic mass is 16.5. The lowest BCUT2D eigenvalue weighted by Gasteiger charge is -2.06. The fourth-order valence-corrected chi connectivity index (χ4v) is 1.85. The molecule has 0 unspecified atom stereocenters. The smallest absolute Gasteiger partial charge is 0.247 e. The molecule has 0 fully saturated rings. The third-order valence-electron chi connectivity index (χ3n) is 2.72. The SMILES string of the molecule is NCCOc1cccc(Nc2nc3ccccn3n2)c1. The normalized spacial score (nSPS) is 10.7. The highest BCUT2D eigenvalue weighted by Crippen LogP contribution is 2.20. The van der Waals surface area contributed by atoms with Crippen LogP contribution in [-0.2, 0) is 0 Å². The Morgan fingerprint density at radius 1 is 1.20 bits per heavy atom. The maximum Gasteiger partial charge on any atom is 0.247 e. The van der Waals surface area contributed by atoms with Crippen molar-refractivity contribution in [1.29, 1.82) is 0 Å². The summed E-state index contributed by atoms with van der Waals surface area (Å²) in [6, 6.07) is 13.4. The van der Waals surface area contributed by atoms with Crippen LogP contribution in [0.4, 0.5) is 11.6 Å². The second kappa shape index (κ2) is 5.58. The molecule has 3 N–H and O–H groups in total. The summed E-state index contributed by atoms with van der Waals surface area (Å²) < 4.78 is 7.20. The van der Waals surface area contributed by atoms with Crippen molar-refractivity contribution in [3.63, 3.8) is 0 Å². The van der Waals surface area contributed by atoms with Gasteiger partial charge in [-0.3, -0.25) is 0 Å². The van der Waals surface area contributed by atoms with Gasteiger partial charge in [-0.2, -0.15) is 4.98 Å². The summed E-state index contributed by atoms with van der Waals surface area (Å²) in [5.74, 6) is 1.32. The summed E-state index contributed by atoms with van der Waals surface area (Å²) in [7, 11) is 0. The molecule has 0 saturated carbocycles. The number of anilines is 2. The summed E-state index contributed by atoms with van der Waals surface area (Å²) in [6.07, 6.45) is 1.86. The van der Waals surface area contributed by atoms with Crippen LogP contribution in [0.25, 0.3) is 5.65 Å². The average molecular weight is 269 g/mol. The van der Waals surface area contributed by atoms with Crippen LogP contribution >= 0.6 is 0 Å². The molecule has 2 heterocycles. The van der Waals surface area contributed by atoms with Gasteiger partial charge in [-0.25, -0.2) is 4.52 Å². The first-order valence-corrected chi connectivity index (χ1v) is 6.36. The quantitative estimate of drug-likeness (QED) is 0.738. The van der Waals surface area contributed by atoms with E-state index in [0.29, 0.717) is 19.1 Å². The van der Waals surface area contributed by atoms with Gasteiger partial charge in [-0.05, 0) is 24.3 Å². The Bertz CT molecular complexity index is 676. The molecule has 1 aromatic carbocycles. The van der Waals surface area contributed by atoms with Gasteiger partial charge in [0, 0.05) is 24.5 Å². The van der Waals surface area contributed by atoms with Gasteiger partial charge in [-0.15, -0.1) is 5.10 Å². The van der Waals surface area contributed by atoms with Crippen LogP contribution in [0.15, 0.2) is 48.7 Å². The van der Waals surface area contributed by atoms with E-state index >= 15 is 0 Å². The Morgan fingerprint density at radius 2 is 2.15 bits per heavy atom. The minimum absolute atomic E-state index is 0.492. The minimum Gasteiger partial charge on any atom is -0.492 e. The molecule has 6 nitrogen and oxygen atoms in total. The van der Waals surface area contributed by atoms with Gasteiger partial charge in [0.1, 0.15) is 12.4 Å². The summed E-state index contributed by atoms with van der Waals surface area (Å²) >= 11 is 0. The number of nitrogens with zero attached hydrogens (tertiary/aromatic N) is 3. The lowest BCUT2D eigenvalue weighted by molar-refractivity contribution is 0.328. The van der Waals surface area contributed by atoms with Gasteiger partial charge >= 0.3 is 0 Å². The second-order valence-electron chi connectivity index (χ2n) is 4.23. The maximum atomic E-state index is 5.48. The number of hydrogen-bond donors (Lipinski definition) is 2. The van der Waals surface area contributed by atoms with Crippen LogP contribution in [0.3, 0.4) is 0 Å². The molecule has 3 aromatic rings. The van der Waals surface area contributed by atoms with Gasteiger partial charge in [0.2, 0.25) is 5.95 Å². The number of aromatic nitrogens is 3. The van der Waals surface area contributed by atoms with E-state index in [0.717, 1.165) is 17.1 Å². The lowest BCUT2D eigenvalue weighted by atomic mass is 10.3. The van der Waals surface area contributed by atoms with Crippen molar-refractivity contribution in [1.82, 2.24) is 14.6 Å². The monoisotopic (exact) mass is 269 g/mol. The molecular weight excluding hydrogens is 254 g/mol. The van der Waals surface area contributed by atoms with Crippen LogP contribution < -0.4 is 15.8 Å². The predicted octanol–water partition coefficient (Wildman–Crippen LogP) is 1.81. The number of nitrogens with two attached hydrogens (primary N) is 1. The largest absolute Gasteiger partial charge is 0.492 e. The standard InChI is InChI=1S/C14H15N5O/c15-7-9-20-12-5-3-4-11(10-12)16-14-17-13-6-1-2-8-19(13)18-14/h1-6,8,10H,7,9,15H2,(H,16,18). The van der Waals surface area contributed by atoms with Gasteiger partial charge in [0.05, 0.1) is 0 Å². The van der Waals surface area contributed by atoms with E-state index < -0.39 is 0 Å². The summed E-state index contributed by atoms with van der Waals surface area (Å²) in [5, 5.41) is 7.49. The van der Waals surface area contributed by atoms with Gasteiger partial charge < -0.3 is 15.8 Å². The number of pyridine rings is 1. The van der Waals surface area contributed by atoms with Crippen molar-refractivity contribution < 1.29 is 4.74 Å². The maximum absolute atomic E-state index is 5.48. The molecule has 0 amide bonds. The number of rotatable bonds is 5. The van der Waals surface area contributed by atoms with Crippen molar-refractivity contribution in [3.8, 4) is 5.75 Å². The Labute approximate surface area is 116 Å². The molecule has 2 aromatic heterocycles. The Kier molecular flexibility index (Phi) is 3.47. The topological polar surface area (TPSA) is 77.5 Å². The molecule has 0 bridgehead atoms. The van der Waals surface area contributed by atoms with E-state index in [9.17, 15) is 0 Å². The van der Waals surface area contributed by atoms with Crippen LogP contribution in [0.1, 0.15) is 0 Å². The molecular formula is C14H15N5O. The first-order chi connectivity index (χ1) is 9.85. The van der Waals surface area contributed by atoms with Gasteiger partial charge in [0.25, 0.3) is 0 Å². The molecule has 0 saturated heterocycles. The Balaban J connectivity index is 1.79. The molecule has 0 aliphatic carbocycles. The van der Waals surface area contributed by atoms with Crippen LogP contribution in [0.2, 0.25) is 0 Å². The van der Waals surface area contributed by atoms with Crippen LogP contribution in [-0.4, -0.2) is 27.7 Å². The Morgan fingerprint density at radius 3 is 3.00 bits per heavy atom. The summed E-state index contributed by atoms with van der Waals surface area (Å²) in [5.41, 5.74) is 7.09. The molecule has 0 radical (unpaired) electrons. The van der Waals surface area contributed by atoms with E-state index in [-0.39, 0.29) is 0 Å². The zero-order valence-corrected chi connectivity index (χ0v) is 10.9. The molecule has 6 heteroatoms. The van der Waals surface area contributed by atoms with E-state index in [1.54, 1.807) is 4.52 Å². The first kappa shape index (κ1) is 12.4. The van der Waals surface area contributed by atoms with E-state index in [4.69, 9.17) is 10.5 Å². The minimum atomic E-state index is 0.492. The van der Waals surface area contributed by atoms with Crippen molar-refractivity contribution in [3.05, 3.63) is 48.7 Å². The number of nitrogens with one attached hydrogen (secondary N) is 1. The average Bonchev–Trinajstić information content (AvgIpc) is 2.87. The fraction of sp³-hybridized carbons (Fsp3) is 0.143. The van der Waals surface area contributed by atoms with Gasteiger partial charge in [0.15, 0.2) is 5.65 Å². The van der Waals surface area contributed by atoms with Gasteiger partial charge in [-0.1, -0.05) is 12.1 Å². The lowest BCUT2D eigenvalue weighted by Crippen LogP contribution is -2.10. The number of ether oxygens (including phenoxy) is 1. The molecule has 0 spiro atoms. The molecule has 102 valence electrons. The second-order valence-corrected chi connectivity index (χ2v) is 4.23. The van der Waals surface area contributed by atoms with Crippen molar-refractivity contribution in [2.24, 2.45) is 5.73 Å². The molecule has 3 rings (SSSR count). The van der Waals surface area contributed by atoms with Crippen molar-refractivity contribution in [2.75, 3.05) is 18.5 Å². The van der Waals surface area contributed by atoms with E-state index in [1.165, 1.54) is 0 Å². The van der Waals surface area contributed by atoms with Crippen molar-refractivity contribution >= 4 is 17.3 Å². The summed E-state index contributed by atoms with van der Waals surface area (Å²) in [6.45, 7) is 0.988.